The van der Waals surface area contributed by atoms with E-state index in [-0.39, 0.29) is 6.04 Å². The first-order valence-electron chi connectivity index (χ1n) is 18.0. The highest BCUT2D eigenvalue weighted by Crippen LogP contribution is 2.43. The summed E-state index contributed by atoms with van der Waals surface area (Å²) in [6.07, 6.45) is 8.15. The SMILES string of the molecule is C/C=C\c1oc2cccc(-c3nc(-c4ccccc4)nc(-c4ccc5sc6cccc(C7=Nc8c(oc9ccccc89)C(/C=C/C)N7)c6c5c4)n3)c2c1C. The molecular formula is C46H33N5O2S. The maximum Gasteiger partial charge on any atom is 0.164 e. The molecule has 0 bridgehead atoms. The number of aryl methyl sites for hydroxylation is 1. The number of nitrogens with zero attached hydrogens (tertiary/aromatic N) is 4. The number of aliphatic imine (C=N–C) groups is 1. The zero-order chi connectivity index (χ0) is 36.3. The van der Waals surface area contributed by atoms with Crippen LogP contribution in [0.5, 0.6) is 0 Å². The number of allylic oxidation sites excluding steroid dienone is 2. The van der Waals surface area contributed by atoms with E-state index in [1.807, 2.05) is 92.7 Å². The topological polar surface area (TPSA) is 89.3 Å². The minimum Gasteiger partial charge on any atom is -0.456 e. The van der Waals surface area contributed by atoms with Gasteiger partial charge in [-0.2, -0.15) is 0 Å². The van der Waals surface area contributed by atoms with Gasteiger partial charge in [0.1, 0.15) is 34.5 Å². The Kier molecular flexibility index (Phi) is 7.59. The third-order valence-electron chi connectivity index (χ3n) is 10.0. The molecule has 1 aliphatic heterocycles. The number of rotatable bonds is 6. The summed E-state index contributed by atoms with van der Waals surface area (Å²) in [6, 6.07) is 37.0. The van der Waals surface area contributed by atoms with Crippen LogP contribution in [0, 0.1) is 6.92 Å². The van der Waals surface area contributed by atoms with Crippen LogP contribution in [0.25, 0.3) is 82.4 Å². The summed E-state index contributed by atoms with van der Waals surface area (Å²) in [5, 5.41) is 7.94. The molecule has 10 rings (SSSR count). The quantitative estimate of drug-likeness (QED) is 0.172. The average molecular weight is 720 g/mol. The highest BCUT2D eigenvalue weighted by Gasteiger charge is 2.28. The van der Waals surface area contributed by atoms with Gasteiger partial charge in [0.2, 0.25) is 0 Å². The molecule has 0 radical (unpaired) electrons. The summed E-state index contributed by atoms with van der Waals surface area (Å²) in [5.74, 6) is 4.26. The monoisotopic (exact) mass is 719 g/mol. The molecule has 54 heavy (non-hydrogen) atoms. The highest BCUT2D eigenvalue weighted by molar-refractivity contribution is 7.25. The van der Waals surface area contributed by atoms with Crippen molar-refractivity contribution in [1.29, 1.82) is 0 Å². The van der Waals surface area contributed by atoms with Crippen molar-refractivity contribution in [3.63, 3.8) is 0 Å². The van der Waals surface area contributed by atoms with Crippen LogP contribution in [0.3, 0.4) is 0 Å². The average Bonchev–Trinajstić information content (AvgIpc) is 3.89. The van der Waals surface area contributed by atoms with Gasteiger partial charge in [0.25, 0.3) is 0 Å². The summed E-state index contributed by atoms with van der Waals surface area (Å²) in [6.45, 7) is 6.10. The summed E-state index contributed by atoms with van der Waals surface area (Å²) >= 11 is 1.77. The zero-order valence-corrected chi connectivity index (χ0v) is 30.6. The molecule has 1 unspecified atom stereocenters. The summed E-state index contributed by atoms with van der Waals surface area (Å²) in [4.78, 5) is 20.6. The van der Waals surface area contributed by atoms with E-state index in [2.05, 4.69) is 66.8 Å². The van der Waals surface area contributed by atoms with E-state index < -0.39 is 0 Å². The van der Waals surface area contributed by atoms with E-state index >= 15 is 0 Å². The molecule has 0 spiro atoms. The van der Waals surface area contributed by atoms with Crippen LogP contribution >= 0.6 is 11.3 Å². The Morgan fingerprint density at radius 2 is 1.41 bits per heavy atom. The molecule has 9 aromatic rings. The van der Waals surface area contributed by atoms with Crippen molar-refractivity contribution in [3.8, 4) is 34.2 Å². The Morgan fingerprint density at radius 1 is 0.648 bits per heavy atom. The molecule has 1 atom stereocenters. The lowest BCUT2D eigenvalue weighted by molar-refractivity contribution is 0.510. The van der Waals surface area contributed by atoms with E-state index in [0.29, 0.717) is 17.5 Å². The van der Waals surface area contributed by atoms with Crippen molar-refractivity contribution in [2.45, 2.75) is 26.8 Å². The lowest BCUT2D eigenvalue weighted by atomic mass is 10.0. The minimum atomic E-state index is -0.155. The predicted octanol–water partition coefficient (Wildman–Crippen LogP) is 12.4. The molecule has 0 saturated carbocycles. The lowest BCUT2D eigenvalue weighted by Gasteiger charge is -2.22. The van der Waals surface area contributed by atoms with Gasteiger partial charge in [-0.25, -0.2) is 19.9 Å². The van der Waals surface area contributed by atoms with Crippen LogP contribution in [-0.2, 0) is 0 Å². The van der Waals surface area contributed by atoms with Gasteiger partial charge in [0.15, 0.2) is 23.2 Å². The molecule has 260 valence electrons. The van der Waals surface area contributed by atoms with E-state index in [1.54, 1.807) is 11.3 Å². The van der Waals surface area contributed by atoms with Crippen molar-refractivity contribution in [2.24, 2.45) is 4.99 Å². The zero-order valence-electron chi connectivity index (χ0n) is 29.8. The number of thiophene rings is 1. The molecule has 8 heteroatoms. The van der Waals surface area contributed by atoms with Gasteiger partial charge < -0.3 is 14.2 Å². The molecule has 4 aromatic heterocycles. The normalized spacial score (nSPS) is 14.5. The van der Waals surface area contributed by atoms with Gasteiger partial charge in [-0.15, -0.1) is 11.3 Å². The van der Waals surface area contributed by atoms with Crippen LogP contribution in [0.1, 0.15) is 42.5 Å². The predicted molar refractivity (Wildman–Crippen MR) is 221 cm³/mol. The fourth-order valence-corrected chi connectivity index (χ4v) is 8.64. The van der Waals surface area contributed by atoms with Crippen LogP contribution < -0.4 is 5.32 Å². The van der Waals surface area contributed by atoms with Crippen molar-refractivity contribution in [2.75, 3.05) is 0 Å². The Hall–Kier alpha value is -6.64. The Labute approximate surface area is 315 Å². The van der Waals surface area contributed by atoms with Crippen LogP contribution in [-0.4, -0.2) is 20.8 Å². The number of amidine groups is 1. The van der Waals surface area contributed by atoms with E-state index in [1.165, 1.54) is 9.40 Å². The van der Waals surface area contributed by atoms with E-state index in [0.717, 1.165) is 83.6 Å². The van der Waals surface area contributed by atoms with Crippen LogP contribution in [0.4, 0.5) is 5.69 Å². The maximum atomic E-state index is 6.33. The van der Waals surface area contributed by atoms with E-state index in [4.69, 9.17) is 28.8 Å². The van der Waals surface area contributed by atoms with Crippen LogP contribution in [0.2, 0.25) is 0 Å². The number of hydrogen-bond acceptors (Lipinski definition) is 8. The second kappa shape index (κ2) is 12.8. The number of fused-ring (bicyclic) bond motifs is 7. The standard InChI is InChI=1S/C46H33N5O2S/c1-4-13-33-42-41(29-17-9-10-20-35(29)53-42)48-45(47-33)31-19-12-22-38-40(31)32-25-28(23-24-37(32)54-38)44-49-43(27-15-7-6-8-16-27)50-46(51-44)30-18-11-21-36-39(30)26(3)34(52-36)14-5-2/h4-25,33H,1-3H3,(H,47,48)/b13-4+,14-5-. The maximum absolute atomic E-state index is 6.33. The lowest BCUT2D eigenvalue weighted by Crippen LogP contribution is -2.30. The first kappa shape index (κ1) is 32.0. The molecule has 0 aliphatic carbocycles. The van der Waals surface area contributed by atoms with E-state index in [9.17, 15) is 0 Å². The fourth-order valence-electron chi connectivity index (χ4n) is 7.52. The number of para-hydroxylation sites is 1. The molecular weight excluding hydrogens is 687 g/mol. The van der Waals surface area contributed by atoms with Crippen molar-refractivity contribution in [3.05, 3.63) is 150 Å². The number of benzene rings is 5. The van der Waals surface area contributed by atoms with Gasteiger partial charge in [-0.1, -0.05) is 85.0 Å². The third-order valence-corrected chi connectivity index (χ3v) is 11.1. The fraction of sp³-hybridized carbons (Fsp3) is 0.0870. The number of hydrogen-bond donors (Lipinski definition) is 1. The number of aromatic nitrogens is 3. The van der Waals surface area contributed by atoms with Crippen LogP contribution in [0.15, 0.2) is 141 Å². The minimum absolute atomic E-state index is 0.155. The smallest absolute Gasteiger partial charge is 0.164 e. The first-order valence-corrected chi connectivity index (χ1v) is 18.8. The second-order valence-corrected chi connectivity index (χ2v) is 14.4. The van der Waals surface area contributed by atoms with Gasteiger partial charge in [0, 0.05) is 58.8 Å². The first-order chi connectivity index (χ1) is 26.6. The summed E-state index contributed by atoms with van der Waals surface area (Å²) in [5.41, 5.74) is 7.29. The number of furan rings is 2. The molecule has 1 N–H and O–H groups in total. The van der Waals surface area contributed by atoms with Gasteiger partial charge in [-0.3, -0.25) is 0 Å². The number of nitrogens with one attached hydrogen (secondary N) is 1. The molecule has 5 heterocycles. The Bertz CT molecular complexity index is 3020. The molecule has 0 saturated heterocycles. The Balaban J connectivity index is 1.17. The third kappa shape index (κ3) is 5.17. The molecule has 0 amide bonds. The highest BCUT2D eigenvalue weighted by atomic mass is 32.1. The summed E-state index contributed by atoms with van der Waals surface area (Å²) in [7, 11) is 0. The molecule has 5 aromatic carbocycles. The largest absolute Gasteiger partial charge is 0.456 e. The molecule has 1 aliphatic rings. The van der Waals surface area contributed by atoms with Crippen molar-refractivity contribution >= 4 is 71.0 Å². The van der Waals surface area contributed by atoms with Gasteiger partial charge >= 0.3 is 0 Å². The Morgan fingerprint density at radius 3 is 2.26 bits per heavy atom. The summed E-state index contributed by atoms with van der Waals surface area (Å²) < 4.78 is 14.9. The second-order valence-electron chi connectivity index (χ2n) is 13.4. The molecule has 0 fully saturated rings. The van der Waals surface area contributed by atoms with Crippen molar-refractivity contribution in [1.82, 2.24) is 20.3 Å². The molecule has 7 nitrogen and oxygen atoms in total. The van der Waals surface area contributed by atoms with Crippen molar-refractivity contribution < 1.29 is 8.83 Å². The van der Waals surface area contributed by atoms with Gasteiger partial charge in [-0.05, 0) is 69.3 Å². The van der Waals surface area contributed by atoms with Gasteiger partial charge in [0.05, 0.1) is 0 Å².